The molecule has 14 heteroatoms. The van der Waals surface area contributed by atoms with Gasteiger partial charge in [0.15, 0.2) is 18.1 Å². The third kappa shape index (κ3) is 5.99. The number of fused-ring (bicyclic) bond motifs is 1. The average Bonchev–Trinajstić information content (AvgIpc) is 2.97. The number of rotatable bonds is 6. The molecule has 1 aromatic carbocycles. The van der Waals surface area contributed by atoms with Crippen molar-refractivity contribution >= 4 is 23.3 Å². The van der Waals surface area contributed by atoms with Crippen LogP contribution in [0.4, 0.5) is 24.5 Å². The minimum Gasteiger partial charge on any atom is -0.489 e. The number of nitro benzene ring substituents is 1. The average molecular weight is 471 g/mol. The second-order valence-corrected chi connectivity index (χ2v) is 6.71. The monoisotopic (exact) mass is 471 g/mol. The maximum absolute atomic E-state index is 12.8. The molecule has 1 amide bonds. The molecule has 0 unspecified atom stereocenters. The summed E-state index contributed by atoms with van der Waals surface area (Å²) in [5, 5.41) is 13.5. The first-order chi connectivity index (χ1) is 15.5. The van der Waals surface area contributed by atoms with Crippen molar-refractivity contribution in [3.05, 3.63) is 56.5 Å². The van der Waals surface area contributed by atoms with Crippen LogP contribution in [0.1, 0.15) is 12.0 Å². The van der Waals surface area contributed by atoms with Gasteiger partial charge >= 0.3 is 12.1 Å². The molecule has 0 radical (unpaired) electrons. The van der Waals surface area contributed by atoms with Crippen LogP contribution < -0.4 is 20.3 Å². The number of anilines is 1. The summed E-state index contributed by atoms with van der Waals surface area (Å²) >= 11 is 0. The Bertz CT molecular complexity index is 1150. The lowest BCUT2D eigenvalue weighted by molar-refractivity contribution is -0.384. The fourth-order valence-electron chi connectivity index (χ4n) is 2.79. The van der Waals surface area contributed by atoms with Gasteiger partial charge in [-0.05, 0) is 6.07 Å². The molecule has 0 atom stereocenters. The fraction of sp³-hybridized carbons (Fsp3) is 0.316. The number of hydrogen-bond donors (Lipinski definition) is 1. The lowest BCUT2D eigenvalue weighted by atomic mass is 10.2. The van der Waals surface area contributed by atoms with Gasteiger partial charge in [-0.1, -0.05) is 0 Å². The van der Waals surface area contributed by atoms with E-state index in [9.17, 15) is 37.7 Å². The van der Waals surface area contributed by atoms with E-state index in [1.165, 1.54) is 6.07 Å². The van der Waals surface area contributed by atoms with E-state index in [1.807, 2.05) is 0 Å². The summed E-state index contributed by atoms with van der Waals surface area (Å²) in [5.41, 5.74) is -2.75. The van der Waals surface area contributed by atoms with Gasteiger partial charge in [-0.25, -0.2) is 0 Å². The molecule has 1 N–H and O–H groups in total. The van der Waals surface area contributed by atoms with Crippen molar-refractivity contribution in [3.8, 4) is 11.5 Å². The first kappa shape index (κ1) is 23.6. The van der Waals surface area contributed by atoms with Gasteiger partial charge in [0, 0.05) is 24.8 Å². The summed E-state index contributed by atoms with van der Waals surface area (Å²) in [6, 6.07) is 3.49. The van der Waals surface area contributed by atoms with E-state index in [-0.39, 0.29) is 17.2 Å². The SMILES string of the molecule is O=C(COC(=O)Cn1cc(C(F)(F)F)ccc1=O)Nc1cc2c(cc1[N+](=O)[O-])OCCCO2. The zero-order chi connectivity index (χ0) is 24.2. The summed E-state index contributed by atoms with van der Waals surface area (Å²) in [6.45, 7) is -1.19. The minimum atomic E-state index is -4.73. The van der Waals surface area contributed by atoms with Crippen LogP contribution in [0, 0.1) is 10.1 Å². The third-order valence-corrected chi connectivity index (χ3v) is 4.31. The third-order valence-electron chi connectivity index (χ3n) is 4.31. The number of amides is 1. The van der Waals surface area contributed by atoms with Gasteiger partial charge in [0.25, 0.3) is 17.2 Å². The van der Waals surface area contributed by atoms with Crippen molar-refractivity contribution in [1.82, 2.24) is 4.57 Å². The number of aromatic nitrogens is 1. The van der Waals surface area contributed by atoms with E-state index in [1.54, 1.807) is 0 Å². The zero-order valence-corrected chi connectivity index (χ0v) is 16.7. The van der Waals surface area contributed by atoms with Crippen molar-refractivity contribution in [3.63, 3.8) is 0 Å². The number of halogens is 3. The number of pyridine rings is 1. The molecular formula is C19H16F3N3O8. The Hall–Kier alpha value is -4.10. The Balaban J connectivity index is 1.65. The number of esters is 1. The van der Waals surface area contributed by atoms with Crippen molar-refractivity contribution < 1.29 is 41.9 Å². The first-order valence-electron chi connectivity index (χ1n) is 9.36. The van der Waals surface area contributed by atoms with Crippen LogP contribution in [0.25, 0.3) is 0 Å². The summed E-state index contributed by atoms with van der Waals surface area (Å²) in [7, 11) is 0. The molecule has 176 valence electrons. The van der Waals surface area contributed by atoms with E-state index in [2.05, 4.69) is 10.1 Å². The van der Waals surface area contributed by atoms with Crippen molar-refractivity contribution in [2.75, 3.05) is 25.1 Å². The molecule has 0 bridgehead atoms. The quantitative estimate of drug-likeness (QED) is 0.384. The number of nitrogens with zero attached hydrogens (tertiary/aromatic N) is 2. The predicted molar refractivity (Wildman–Crippen MR) is 104 cm³/mol. The second kappa shape index (κ2) is 9.58. The molecule has 1 aliphatic heterocycles. The highest BCUT2D eigenvalue weighted by Gasteiger charge is 2.31. The fourth-order valence-corrected chi connectivity index (χ4v) is 2.79. The smallest absolute Gasteiger partial charge is 0.417 e. The first-order valence-corrected chi connectivity index (χ1v) is 9.36. The lowest BCUT2D eigenvalue weighted by Crippen LogP contribution is -2.28. The molecular weight excluding hydrogens is 455 g/mol. The Labute approximate surface area is 182 Å². The molecule has 1 aromatic heterocycles. The molecule has 1 aliphatic rings. The number of nitro groups is 1. The Morgan fingerprint density at radius 3 is 2.48 bits per heavy atom. The van der Waals surface area contributed by atoms with E-state index in [0.717, 1.165) is 6.07 Å². The molecule has 2 aromatic rings. The lowest BCUT2D eigenvalue weighted by Gasteiger charge is -2.12. The topological polar surface area (TPSA) is 139 Å². The highest BCUT2D eigenvalue weighted by molar-refractivity contribution is 5.95. The number of nitrogens with one attached hydrogen (secondary N) is 1. The number of carbonyl (C=O) groups excluding carboxylic acids is 2. The predicted octanol–water partition coefficient (Wildman–Crippen LogP) is 2.12. The van der Waals surface area contributed by atoms with Crippen LogP contribution in [-0.2, 0) is 27.0 Å². The van der Waals surface area contributed by atoms with Gasteiger partial charge in [0.2, 0.25) is 0 Å². The second-order valence-electron chi connectivity index (χ2n) is 6.71. The van der Waals surface area contributed by atoms with Crippen LogP contribution in [0.5, 0.6) is 11.5 Å². The van der Waals surface area contributed by atoms with Crippen molar-refractivity contribution in [2.45, 2.75) is 19.1 Å². The summed E-state index contributed by atoms with van der Waals surface area (Å²) in [5.74, 6) is -1.82. The minimum absolute atomic E-state index is 0.134. The molecule has 0 saturated carbocycles. The van der Waals surface area contributed by atoms with E-state index >= 15 is 0 Å². The van der Waals surface area contributed by atoms with Gasteiger partial charge in [0.05, 0.1) is 29.8 Å². The molecule has 0 fully saturated rings. The standard InChI is InChI=1S/C19H16F3N3O8/c20-19(21,22)11-2-3-17(27)24(8-11)9-18(28)33-10-16(26)23-12-6-14-15(7-13(12)25(29)30)32-5-1-4-31-14/h2-3,6-8H,1,4-5,9-10H2,(H,23,26). The van der Waals surface area contributed by atoms with Gasteiger partial charge < -0.3 is 24.1 Å². The molecule has 0 saturated heterocycles. The summed E-state index contributed by atoms with van der Waals surface area (Å²) in [6.07, 6.45) is -3.73. The van der Waals surface area contributed by atoms with E-state index < -0.39 is 52.9 Å². The number of alkyl halides is 3. The number of carbonyl (C=O) groups is 2. The maximum atomic E-state index is 12.8. The van der Waals surface area contributed by atoms with E-state index in [0.29, 0.717) is 42.5 Å². The number of hydrogen-bond acceptors (Lipinski definition) is 8. The van der Waals surface area contributed by atoms with Crippen LogP contribution in [0.3, 0.4) is 0 Å². The van der Waals surface area contributed by atoms with Crippen LogP contribution in [0.15, 0.2) is 35.3 Å². The zero-order valence-electron chi connectivity index (χ0n) is 16.7. The van der Waals surface area contributed by atoms with Crippen LogP contribution >= 0.6 is 0 Å². The van der Waals surface area contributed by atoms with Gasteiger partial charge in [-0.2, -0.15) is 13.2 Å². The summed E-state index contributed by atoms with van der Waals surface area (Å²) < 4.78 is 54.2. The normalized spacial score (nSPS) is 13.1. The van der Waals surface area contributed by atoms with Crippen LogP contribution in [-0.4, -0.2) is 41.2 Å². The molecule has 33 heavy (non-hydrogen) atoms. The van der Waals surface area contributed by atoms with Gasteiger partial charge in [0.1, 0.15) is 12.2 Å². The molecule has 3 rings (SSSR count). The van der Waals surface area contributed by atoms with Gasteiger partial charge in [-0.15, -0.1) is 0 Å². The Morgan fingerprint density at radius 1 is 1.18 bits per heavy atom. The maximum Gasteiger partial charge on any atom is 0.417 e. The highest BCUT2D eigenvalue weighted by Crippen LogP contribution is 2.39. The Kier molecular flexibility index (Phi) is 6.84. The van der Waals surface area contributed by atoms with Crippen molar-refractivity contribution in [1.29, 1.82) is 0 Å². The Morgan fingerprint density at radius 2 is 1.85 bits per heavy atom. The van der Waals surface area contributed by atoms with Crippen molar-refractivity contribution in [2.24, 2.45) is 0 Å². The van der Waals surface area contributed by atoms with Gasteiger partial charge in [-0.3, -0.25) is 24.5 Å². The molecule has 2 heterocycles. The van der Waals surface area contributed by atoms with Crippen LogP contribution in [0.2, 0.25) is 0 Å². The number of benzene rings is 1. The van der Waals surface area contributed by atoms with E-state index in [4.69, 9.17) is 9.47 Å². The molecule has 0 spiro atoms. The number of ether oxygens (including phenoxy) is 3. The summed E-state index contributed by atoms with van der Waals surface area (Å²) in [4.78, 5) is 46.3. The largest absolute Gasteiger partial charge is 0.489 e. The highest BCUT2D eigenvalue weighted by atomic mass is 19.4. The molecule has 11 nitrogen and oxygen atoms in total. The molecule has 0 aliphatic carbocycles.